The van der Waals surface area contributed by atoms with Gasteiger partial charge in [0.05, 0.1) is 0 Å². The van der Waals surface area contributed by atoms with E-state index in [1.165, 1.54) is 43.6 Å². The largest absolute Gasteiger partial charge is 0.208 e. The Balaban J connectivity index is 1.23. The number of hydrogen-bond acceptors (Lipinski definition) is 3. The smallest absolute Gasteiger partial charge is 0.164 e. The Morgan fingerprint density at radius 1 is 0.327 bits per heavy atom. The normalized spacial score (nSPS) is 12.9. The third-order valence-electron chi connectivity index (χ3n) is 9.98. The van der Waals surface area contributed by atoms with Gasteiger partial charge in [-0.05, 0) is 60.6 Å². The number of benzene rings is 7. The summed E-state index contributed by atoms with van der Waals surface area (Å²) in [5.74, 6) is 2.02. The van der Waals surface area contributed by atoms with E-state index in [-0.39, 0.29) is 0 Å². The first kappa shape index (κ1) is 29.2. The molecule has 1 aliphatic heterocycles. The van der Waals surface area contributed by atoms with Crippen molar-refractivity contribution in [1.29, 1.82) is 0 Å². The lowest BCUT2D eigenvalue weighted by molar-refractivity contribution is 1.08. The van der Waals surface area contributed by atoms with Crippen LogP contribution >= 0.6 is 0 Å². The second-order valence-corrected chi connectivity index (χ2v) is 17.6. The monoisotopic (exact) mass is 643 g/mol. The predicted octanol–water partition coefficient (Wildman–Crippen LogP) is 10.2. The van der Waals surface area contributed by atoms with E-state index in [1.54, 1.807) is 0 Å². The molecule has 0 bridgehead atoms. The van der Waals surface area contributed by atoms with Crippen LogP contribution in [0, 0.1) is 0 Å². The van der Waals surface area contributed by atoms with Crippen LogP contribution in [0.5, 0.6) is 0 Å². The van der Waals surface area contributed by atoms with Gasteiger partial charge in [-0.25, -0.2) is 15.0 Å². The molecule has 49 heavy (non-hydrogen) atoms. The van der Waals surface area contributed by atoms with Gasteiger partial charge in [0.1, 0.15) is 8.07 Å². The minimum absolute atomic E-state index is 0.663. The highest BCUT2D eigenvalue weighted by atomic mass is 28.3. The van der Waals surface area contributed by atoms with Crippen molar-refractivity contribution in [1.82, 2.24) is 15.0 Å². The van der Waals surface area contributed by atoms with Crippen LogP contribution in [0.2, 0.25) is 13.1 Å². The van der Waals surface area contributed by atoms with Gasteiger partial charge in [0.15, 0.2) is 17.5 Å². The summed E-state index contributed by atoms with van der Waals surface area (Å²) in [7, 11) is -1.89. The van der Waals surface area contributed by atoms with Crippen molar-refractivity contribution in [3.8, 4) is 67.5 Å². The second kappa shape index (κ2) is 11.6. The quantitative estimate of drug-likeness (QED) is 0.175. The first-order chi connectivity index (χ1) is 24.0. The van der Waals surface area contributed by atoms with Gasteiger partial charge in [-0.3, -0.25) is 0 Å². The van der Waals surface area contributed by atoms with Gasteiger partial charge in [-0.15, -0.1) is 0 Å². The molecule has 0 fully saturated rings. The standard InChI is InChI=1S/C45H33N3Si/c1-49(2)41-20-12-11-19-38(41)39-26-25-34(29-42(39)49)44-46-43(33-23-21-31(22-24-33)30-13-5-3-6-14-30)47-45(48-44)40-28-27-35(32-15-7-4-8-16-32)36-17-9-10-18-37(36)40/h3-29H,1-2H3. The lowest BCUT2D eigenvalue weighted by Gasteiger charge is -2.19. The van der Waals surface area contributed by atoms with Gasteiger partial charge in [-0.2, -0.15) is 0 Å². The molecule has 0 atom stereocenters. The molecule has 0 unspecified atom stereocenters. The SMILES string of the molecule is C[Si]1(C)c2ccccc2-c2ccc(-c3nc(-c4ccc(-c5ccccc5)cc4)nc(-c4ccc(-c5ccccc5)c5ccccc45)n3)cc21. The van der Waals surface area contributed by atoms with Crippen LogP contribution in [0.1, 0.15) is 0 Å². The maximum Gasteiger partial charge on any atom is 0.164 e. The minimum atomic E-state index is -1.89. The van der Waals surface area contributed by atoms with E-state index < -0.39 is 8.07 Å². The average molecular weight is 644 g/mol. The minimum Gasteiger partial charge on any atom is -0.208 e. The Bertz CT molecular complexity index is 2510. The highest BCUT2D eigenvalue weighted by molar-refractivity contribution is 7.03. The summed E-state index contributed by atoms with van der Waals surface area (Å²) in [4.78, 5) is 15.6. The van der Waals surface area contributed by atoms with E-state index in [9.17, 15) is 0 Å². The second-order valence-electron chi connectivity index (χ2n) is 13.3. The van der Waals surface area contributed by atoms with E-state index >= 15 is 0 Å². The van der Waals surface area contributed by atoms with Gasteiger partial charge >= 0.3 is 0 Å². The molecule has 232 valence electrons. The molecule has 1 aliphatic rings. The Morgan fingerprint density at radius 3 is 1.53 bits per heavy atom. The molecule has 4 heteroatoms. The molecule has 2 heterocycles. The topological polar surface area (TPSA) is 38.7 Å². The van der Waals surface area contributed by atoms with Crippen LogP contribution in [0.15, 0.2) is 164 Å². The van der Waals surface area contributed by atoms with Gasteiger partial charge in [0, 0.05) is 16.7 Å². The fourth-order valence-corrected chi connectivity index (χ4v) is 10.5. The van der Waals surface area contributed by atoms with E-state index in [0.717, 1.165) is 27.6 Å². The number of rotatable bonds is 5. The zero-order valence-corrected chi connectivity index (χ0v) is 28.4. The van der Waals surface area contributed by atoms with Crippen molar-refractivity contribution in [2.45, 2.75) is 13.1 Å². The molecule has 0 amide bonds. The lowest BCUT2D eigenvalue weighted by Crippen LogP contribution is -2.49. The molecule has 3 nitrogen and oxygen atoms in total. The van der Waals surface area contributed by atoms with E-state index in [0.29, 0.717) is 17.5 Å². The molecular formula is C45H33N3Si. The zero-order chi connectivity index (χ0) is 33.0. The van der Waals surface area contributed by atoms with Crippen LogP contribution in [0.4, 0.5) is 0 Å². The van der Waals surface area contributed by atoms with E-state index in [1.807, 2.05) is 6.07 Å². The number of fused-ring (bicyclic) bond motifs is 4. The molecule has 7 aromatic carbocycles. The Kier molecular flexibility index (Phi) is 6.92. The first-order valence-electron chi connectivity index (χ1n) is 16.8. The fourth-order valence-electron chi connectivity index (χ4n) is 7.40. The third kappa shape index (κ3) is 5.00. The van der Waals surface area contributed by atoms with E-state index in [2.05, 4.69) is 171 Å². The zero-order valence-electron chi connectivity index (χ0n) is 27.4. The third-order valence-corrected chi connectivity index (χ3v) is 13.5. The molecule has 8 aromatic rings. The number of nitrogens with zero attached hydrogens (tertiary/aromatic N) is 3. The number of hydrogen-bond donors (Lipinski definition) is 0. The molecule has 9 rings (SSSR count). The summed E-state index contributed by atoms with van der Waals surface area (Å²) in [5.41, 5.74) is 10.4. The van der Waals surface area contributed by atoms with Crippen LogP contribution in [-0.4, -0.2) is 23.0 Å². The Morgan fingerprint density at radius 2 is 0.796 bits per heavy atom. The van der Waals surface area contributed by atoms with Crippen molar-refractivity contribution in [3.63, 3.8) is 0 Å². The molecule has 0 radical (unpaired) electrons. The van der Waals surface area contributed by atoms with Crippen molar-refractivity contribution in [2.24, 2.45) is 0 Å². The van der Waals surface area contributed by atoms with Crippen LogP contribution < -0.4 is 10.4 Å². The molecule has 0 saturated heterocycles. The predicted molar refractivity (Wildman–Crippen MR) is 207 cm³/mol. The first-order valence-corrected chi connectivity index (χ1v) is 19.8. The summed E-state index contributed by atoms with van der Waals surface area (Å²) < 4.78 is 0. The highest BCUT2D eigenvalue weighted by Crippen LogP contribution is 2.36. The molecule has 1 aromatic heterocycles. The van der Waals surface area contributed by atoms with Gasteiger partial charge in [-0.1, -0.05) is 171 Å². The molecule has 0 N–H and O–H groups in total. The lowest BCUT2D eigenvalue weighted by atomic mass is 9.94. The maximum absolute atomic E-state index is 5.23. The Hall–Kier alpha value is -5.97. The highest BCUT2D eigenvalue weighted by Gasteiger charge is 2.37. The summed E-state index contributed by atoms with van der Waals surface area (Å²) >= 11 is 0. The van der Waals surface area contributed by atoms with Crippen molar-refractivity contribution < 1.29 is 0 Å². The summed E-state index contributed by atoms with van der Waals surface area (Å²) in [6.07, 6.45) is 0. The van der Waals surface area contributed by atoms with Crippen LogP contribution in [0.3, 0.4) is 0 Å². The molecule has 0 spiro atoms. The number of aromatic nitrogens is 3. The van der Waals surface area contributed by atoms with Gasteiger partial charge in [0.25, 0.3) is 0 Å². The molecular weight excluding hydrogens is 611 g/mol. The summed E-state index contributed by atoms with van der Waals surface area (Å²) in [6, 6.07) is 58.2. The van der Waals surface area contributed by atoms with Crippen molar-refractivity contribution in [3.05, 3.63) is 164 Å². The van der Waals surface area contributed by atoms with Gasteiger partial charge < -0.3 is 0 Å². The van der Waals surface area contributed by atoms with Crippen molar-refractivity contribution in [2.75, 3.05) is 0 Å². The van der Waals surface area contributed by atoms with Crippen molar-refractivity contribution >= 4 is 29.2 Å². The molecule has 0 saturated carbocycles. The van der Waals surface area contributed by atoms with E-state index in [4.69, 9.17) is 15.0 Å². The fraction of sp³-hybridized carbons (Fsp3) is 0.0444. The van der Waals surface area contributed by atoms with Crippen LogP contribution in [-0.2, 0) is 0 Å². The molecule has 0 aliphatic carbocycles. The van der Waals surface area contributed by atoms with Crippen LogP contribution in [0.25, 0.3) is 78.3 Å². The Labute approximate surface area is 287 Å². The summed E-state index contributed by atoms with van der Waals surface area (Å²) in [6.45, 7) is 4.89. The maximum atomic E-state index is 5.23. The van der Waals surface area contributed by atoms with Gasteiger partial charge in [0.2, 0.25) is 0 Å². The summed E-state index contributed by atoms with van der Waals surface area (Å²) in [5, 5.41) is 5.21. The average Bonchev–Trinajstić information content (AvgIpc) is 3.40.